The first-order valence-electron chi connectivity index (χ1n) is 6.91. The van der Waals surface area contributed by atoms with Crippen LogP contribution in [0.3, 0.4) is 0 Å². The monoisotopic (exact) mass is 364 g/mol. The summed E-state index contributed by atoms with van der Waals surface area (Å²) in [6.07, 6.45) is 0.646. The molecule has 0 unspecified atom stereocenters. The summed E-state index contributed by atoms with van der Waals surface area (Å²) in [6.45, 7) is 21.3. The Kier molecular flexibility index (Phi) is 8.32. The summed E-state index contributed by atoms with van der Waals surface area (Å²) in [5.74, 6) is -0.0776. The van der Waals surface area contributed by atoms with Crippen LogP contribution in [0, 0.1) is 0 Å². The van der Waals surface area contributed by atoms with Crippen LogP contribution in [0.15, 0.2) is 0 Å². The van der Waals surface area contributed by atoms with Gasteiger partial charge in [-0.1, -0.05) is 58.9 Å². The molecule has 8 heteroatoms. The summed E-state index contributed by atoms with van der Waals surface area (Å²) in [6, 6.07) is 0. The zero-order chi connectivity index (χ0) is 15.9. The second-order valence-electron chi connectivity index (χ2n) is 8.69. The number of hydrogen-bond acceptors (Lipinski definition) is 2. The molecule has 0 aromatic carbocycles. The number of rotatable bonds is 6. The molecule has 118 valence electrons. The van der Waals surface area contributed by atoms with Crippen molar-refractivity contribution in [2.24, 2.45) is 0 Å². The first-order chi connectivity index (χ1) is 7.96. The molecule has 0 saturated heterocycles. The van der Waals surface area contributed by atoms with E-state index in [1.807, 2.05) is 0 Å². The third-order valence-corrected chi connectivity index (χ3v) is 27.2. The van der Waals surface area contributed by atoms with Crippen molar-refractivity contribution >= 4 is 34.3 Å². The van der Waals surface area contributed by atoms with E-state index in [1.54, 1.807) is 0 Å². The van der Waals surface area contributed by atoms with E-state index in [2.05, 4.69) is 58.9 Å². The van der Waals surface area contributed by atoms with E-state index in [0.717, 1.165) is 0 Å². The van der Waals surface area contributed by atoms with Crippen molar-refractivity contribution in [1.29, 1.82) is 0 Å². The molecule has 0 aromatic rings. The molecule has 0 rings (SSSR count). The van der Waals surface area contributed by atoms with E-state index in [4.69, 9.17) is 0 Å². The minimum absolute atomic E-state index is 0. The summed E-state index contributed by atoms with van der Waals surface area (Å²) < 4.78 is 31.9. The molecule has 3 nitrogen and oxygen atoms in total. The topological polar surface area (TPSA) is 54.4 Å². The van der Waals surface area contributed by atoms with Gasteiger partial charge in [-0.2, -0.15) is 8.42 Å². The van der Waals surface area contributed by atoms with Gasteiger partial charge in [0.05, 0.1) is 5.75 Å². The first kappa shape index (κ1) is 23.8. The maximum atomic E-state index is 11.3. The normalized spacial score (nSPS) is 14.9. The van der Waals surface area contributed by atoms with Crippen molar-refractivity contribution < 1.29 is 44.0 Å². The molecule has 0 saturated carbocycles. The van der Waals surface area contributed by atoms with Crippen molar-refractivity contribution in [3.63, 3.8) is 0 Å². The van der Waals surface area contributed by atoms with E-state index in [-0.39, 0.29) is 41.0 Å². The van der Waals surface area contributed by atoms with Crippen LogP contribution < -0.4 is 29.6 Å². The smallest absolute Gasteiger partial charge is 1.00 e. The summed E-state index contributed by atoms with van der Waals surface area (Å²) in [7, 11) is -8.55. The van der Waals surface area contributed by atoms with Gasteiger partial charge in [-0.3, -0.25) is 4.55 Å². The van der Waals surface area contributed by atoms with E-state index in [9.17, 15) is 13.0 Å². The zero-order valence-electron chi connectivity index (χ0n) is 16.1. The van der Waals surface area contributed by atoms with Gasteiger partial charge in [0.25, 0.3) is 10.1 Å². The van der Waals surface area contributed by atoms with Crippen LogP contribution in [0.4, 0.5) is 0 Å². The van der Waals surface area contributed by atoms with E-state index in [1.165, 1.54) is 0 Å². The minimum Gasteiger partial charge on any atom is -1.00 e. The SMILES string of the molecule is C[Si](C)(C)C(CCS(=O)(=O)O)([Si](C)(C)C)[Si](C)(C)C.[H-].[Na+]. The van der Waals surface area contributed by atoms with Gasteiger partial charge in [-0.25, -0.2) is 0 Å². The van der Waals surface area contributed by atoms with Gasteiger partial charge in [-0.05, 0) is 10.7 Å². The Hall–Kier alpha value is 1.56. The van der Waals surface area contributed by atoms with Crippen LogP contribution in [0.2, 0.25) is 63.2 Å². The fraction of sp³-hybridized carbons (Fsp3) is 1.00. The molecule has 0 bridgehead atoms. The molecule has 0 spiro atoms. The first-order valence-corrected chi connectivity index (χ1v) is 19.0. The molecule has 20 heavy (non-hydrogen) atoms. The zero-order valence-corrected chi connectivity index (χ0v) is 20.9. The van der Waals surface area contributed by atoms with Crippen LogP contribution in [0.5, 0.6) is 0 Å². The van der Waals surface area contributed by atoms with E-state index in [0.29, 0.717) is 6.42 Å². The standard InChI is InChI=1S/C12H32O3SSi3.Na.H/c1-17(2,3)12(18(4,5)6,19(7,8)9)10-11-16(13,14)15;;/h10-11H2,1-9H3,(H,13,14,15);;/q;+1;-1. The Morgan fingerprint density at radius 2 is 1.10 bits per heavy atom. The maximum Gasteiger partial charge on any atom is 1.00 e. The van der Waals surface area contributed by atoms with Gasteiger partial charge in [-0.15, -0.1) is 0 Å². The Bertz CT molecular complexity index is 386. The second kappa shape index (κ2) is 6.98. The van der Waals surface area contributed by atoms with Crippen molar-refractivity contribution in [2.75, 3.05) is 5.75 Å². The molecule has 0 radical (unpaired) electrons. The quantitative estimate of drug-likeness (QED) is 0.569. The molecule has 0 fully saturated rings. The molecule has 0 atom stereocenters. The summed E-state index contributed by atoms with van der Waals surface area (Å²) in [5.41, 5.74) is 0. The average molecular weight is 365 g/mol. The average Bonchev–Trinajstić information content (AvgIpc) is 1.92. The van der Waals surface area contributed by atoms with Crippen molar-refractivity contribution in [1.82, 2.24) is 0 Å². The van der Waals surface area contributed by atoms with E-state index < -0.39 is 34.3 Å². The Morgan fingerprint density at radius 3 is 1.25 bits per heavy atom. The predicted octanol–water partition coefficient (Wildman–Crippen LogP) is 1.21. The summed E-state index contributed by atoms with van der Waals surface area (Å²) in [4.78, 5) is 0. The van der Waals surface area contributed by atoms with Crippen molar-refractivity contribution in [3.8, 4) is 0 Å². The van der Waals surface area contributed by atoms with Crippen LogP contribution in [0.25, 0.3) is 0 Å². The van der Waals surface area contributed by atoms with Crippen molar-refractivity contribution in [2.45, 2.75) is 69.6 Å². The van der Waals surface area contributed by atoms with E-state index >= 15 is 0 Å². The molecule has 0 aromatic heterocycles. The van der Waals surface area contributed by atoms with Crippen LogP contribution in [-0.2, 0) is 10.1 Å². The third kappa shape index (κ3) is 5.33. The van der Waals surface area contributed by atoms with Gasteiger partial charge < -0.3 is 1.43 Å². The minimum atomic E-state index is -3.87. The summed E-state index contributed by atoms with van der Waals surface area (Å²) >= 11 is 0. The molecule has 0 aliphatic carbocycles. The van der Waals surface area contributed by atoms with Gasteiger partial charge in [0.1, 0.15) is 0 Å². The molecule has 0 aliphatic rings. The van der Waals surface area contributed by atoms with Gasteiger partial charge in [0.2, 0.25) is 0 Å². The number of hydrogen-bond donors (Lipinski definition) is 1. The molecule has 1 N–H and O–H groups in total. The molecule has 0 heterocycles. The molecular weight excluding hydrogens is 331 g/mol. The van der Waals surface area contributed by atoms with Gasteiger partial charge in [0.15, 0.2) is 0 Å². The van der Waals surface area contributed by atoms with Gasteiger partial charge in [0, 0.05) is 24.2 Å². The fourth-order valence-electron chi connectivity index (χ4n) is 4.78. The Morgan fingerprint density at radius 1 is 0.850 bits per heavy atom. The van der Waals surface area contributed by atoms with Crippen LogP contribution >= 0.6 is 0 Å². The second-order valence-corrected chi connectivity index (χ2v) is 27.8. The molecule has 0 amide bonds. The van der Waals surface area contributed by atoms with Crippen LogP contribution in [0.1, 0.15) is 7.85 Å². The largest absolute Gasteiger partial charge is 1.00 e. The summed E-state index contributed by atoms with van der Waals surface area (Å²) in [5, 5.41) is 0. The maximum absolute atomic E-state index is 11.3. The van der Waals surface area contributed by atoms with Crippen molar-refractivity contribution in [3.05, 3.63) is 0 Å². The Balaban J connectivity index is -0.00000162. The Labute approximate surface area is 152 Å². The van der Waals surface area contributed by atoms with Gasteiger partial charge >= 0.3 is 29.6 Å². The van der Waals surface area contributed by atoms with Crippen LogP contribution in [-0.4, -0.2) is 42.9 Å². The third-order valence-electron chi connectivity index (χ3n) is 4.58. The molecule has 0 aliphatic heterocycles. The predicted molar refractivity (Wildman–Crippen MR) is 94.9 cm³/mol. The fourth-order valence-corrected chi connectivity index (χ4v) is 35.5. The molecular formula is C12H33NaO3SSi3.